The number of aromatic nitrogens is 1. The molecule has 0 bridgehead atoms. The monoisotopic (exact) mass is 628 g/mol. The van der Waals surface area contributed by atoms with Crippen molar-refractivity contribution in [1.82, 2.24) is 10.6 Å². The quantitative estimate of drug-likeness (QED) is 0.186. The summed E-state index contributed by atoms with van der Waals surface area (Å²) in [5.41, 5.74) is 3.33. The van der Waals surface area contributed by atoms with Crippen molar-refractivity contribution in [3.05, 3.63) is 94.2 Å². The number of hydrogen-bond donors (Lipinski definition) is 2. The molecule has 8 nitrogen and oxygen atoms in total. The van der Waals surface area contributed by atoms with Crippen LogP contribution >= 0.6 is 15.9 Å². The van der Waals surface area contributed by atoms with E-state index < -0.39 is 6.04 Å². The van der Waals surface area contributed by atoms with Gasteiger partial charge in [-0.2, -0.15) is 0 Å². The highest BCUT2D eigenvalue weighted by molar-refractivity contribution is 9.10. The van der Waals surface area contributed by atoms with Crippen LogP contribution < -0.4 is 32.5 Å². The summed E-state index contributed by atoms with van der Waals surface area (Å²) in [5.74, 6) is -0.767. The summed E-state index contributed by atoms with van der Waals surface area (Å²) >= 11 is 3.50. The predicted octanol–water partition coefficient (Wildman–Crippen LogP) is 0.734. The fraction of sp³-hybridized carbons (Fsp3) is 0.333. The summed E-state index contributed by atoms with van der Waals surface area (Å²) in [6, 6.07) is 18.5. The number of fused-ring (bicyclic) bond motifs is 1. The molecule has 2 N–H and O–H groups in total. The van der Waals surface area contributed by atoms with E-state index in [1.54, 1.807) is 11.0 Å². The van der Waals surface area contributed by atoms with Crippen molar-refractivity contribution in [1.29, 1.82) is 0 Å². The van der Waals surface area contributed by atoms with Crippen molar-refractivity contribution in [3.63, 3.8) is 0 Å². The normalized spacial score (nSPS) is 13.9. The van der Waals surface area contributed by atoms with Crippen LogP contribution in [0.4, 0.5) is 5.69 Å². The predicted molar refractivity (Wildman–Crippen MR) is 152 cm³/mol. The number of hydrogen-bond acceptors (Lipinski definition) is 5. The minimum absolute atomic E-state index is 0. The number of ether oxygens (including phenoxy) is 1. The van der Waals surface area contributed by atoms with E-state index in [1.807, 2.05) is 71.6 Å². The van der Waals surface area contributed by atoms with Crippen LogP contribution in [0.15, 0.2) is 77.5 Å². The Morgan fingerprint density at radius 2 is 1.85 bits per heavy atom. The molecular weight excluding hydrogens is 596 g/mol. The SMILES string of the molecule is CCC[n+]1cc(Br)cc(C(=O)N(CCC(=O)NCCOC(=O)C2NCCc3ccccc32)c2ccccc2)c1.[Cl-]. The van der Waals surface area contributed by atoms with Crippen molar-refractivity contribution < 1.29 is 36.1 Å². The first-order valence-electron chi connectivity index (χ1n) is 13.3. The summed E-state index contributed by atoms with van der Waals surface area (Å²) in [5, 5.41) is 6.00. The lowest BCUT2D eigenvalue weighted by molar-refractivity contribution is -0.697. The molecule has 2 aromatic carbocycles. The van der Waals surface area contributed by atoms with Crippen LogP contribution in [0, 0.1) is 0 Å². The molecule has 0 spiro atoms. The zero-order chi connectivity index (χ0) is 27.6. The number of nitrogens with one attached hydrogen (secondary N) is 2. The summed E-state index contributed by atoms with van der Waals surface area (Å²) in [4.78, 5) is 40.4. The Kier molecular flexibility index (Phi) is 12.1. The second-order valence-corrected chi connectivity index (χ2v) is 10.3. The Hall–Kier alpha value is -3.27. The standard InChI is InChI=1S/C30H33BrN4O4.ClH/c1-2-16-34-20-23(19-24(31)21-34)29(37)35(25-9-4-3-5-10-25)17-13-27(36)32-15-18-39-30(38)28-26-11-7-6-8-22(26)12-14-33-28;/h3-11,19-21,28,33H,2,12-18H2,1H3;1H. The average molecular weight is 630 g/mol. The van der Waals surface area contributed by atoms with Gasteiger partial charge in [0.05, 0.1) is 11.0 Å². The van der Waals surface area contributed by atoms with Crippen molar-refractivity contribution in [3.8, 4) is 0 Å². The van der Waals surface area contributed by atoms with Gasteiger partial charge in [-0.1, -0.05) is 49.4 Å². The molecule has 0 saturated heterocycles. The van der Waals surface area contributed by atoms with Gasteiger partial charge in [0.25, 0.3) is 5.91 Å². The van der Waals surface area contributed by atoms with E-state index in [4.69, 9.17) is 4.74 Å². The van der Waals surface area contributed by atoms with Gasteiger partial charge < -0.3 is 32.7 Å². The van der Waals surface area contributed by atoms with Crippen molar-refractivity contribution in [2.24, 2.45) is 0 Å². The van der Waals surface area contributed by atoms with Crippen molar-refractivity contribution in [2.45, 2.75) is 38.8 Å². The number of amides is 2. The fourth-order valence-electron chi connectivity index (χ4n) is 4.66. The van der Waals surface area contributed by atoms with E-state index in [9.17, 15) is 14.4 Å². The lowest BCUT2D eigenvalue weighted by Gasteiger charge is -2.25. The Bertz CT molecular complexity index is 1310. The molecule has 1 aliphatic heterocycles. The molecule has 0 radical (unpaired) electrons. The number of para-hydroxylation sites is 1. The Morgan fingerprint density at radius 3 is 2.62 bits per heavy atom. The molecule has 0 aliphatic carbocycles. The topological polar surface area (TPSA) is 91.6 Å². The first kappa shape index (κ1) is 31.3. The molecule has 212 valence electrons. The number of benzene rings is 2. The molecule has 1 unspecified atom stereocenters. The maximum absolute atomic E-state index is 13.5. The van der Waals surface area contributed by atoms with E-state index in [2.05, 4.69) is 33.5 Å². The number of nitrogens with zero attached hydrogens (tertiary/aromatic N) is 2. The number of aryl methyl sites for hydroxylation is 1. The average Bonchev–Trinajstić information content (AvgIpc) is 2.95. The highest BCUT2D eigenvalue weighted by Crippen LogP contribution is 2.23. The van der Waals surface area contributed by atoms with Gasteiger partial charge in [-0.25, -0.2) is 9.36 Å². The first-order chi connectivity index (χ1) is 19.0. The number of carbonyl (C=O) groups excluding carboxylic acids is 3. The van der Waals surface area contributed by atoms with Crippen LogP contribution in [-0.2, 0) is 27.3 Å². The van der Waals surface area contributed by atoms with Gasteiger partial charge >= 0.3 is 5.97 Å². The van der Waals surface area contributed by atoms with E-state index in [-0.39, 0.29) is 56.3 Å². The van der Waals surface area contributed by atoms with E-state index in [1.165, 1.54) is 0 Å². The van der Waals surface area contributed by atoms with Gasteiger partial charge in [0.15, 0.2) is 12.4 Å². The summed E-state index contributed by atoms with van der Waals surface area (Å²) < 4.78 is 8.23. The Labute approximate surface area is 249 Å². The Morgan fingerprint density at radius 1 is 1.10 bits per heavy atom. The summed E-state index contributed by atoms with van der Waals surface area (Å²) in [6.45, 7) is 4.06. The van der Waals surface area contributed by atoms with Crippen LogP contribution in [0.2, 0.25) is 0 Å². The number of halogens is 2. The molecule has 0 fully saturated rings. The fourth-order valence-corrected chi connectivity index (χ4v) is 5.17. The van der Waals surface area contributed by atoms with Gasteiger partial charge in [0.1, 0.15) is 24.8 Å². The zero-order valence-electron chi connectivity index (χ0n) is 22.4. The van der Waals surface area contributed by atoms with Crippen LogP contribution in [0.3, 0.4) is 0 Å². The molecule has 1 aromatic heterocycles. The zero-order valence-corrected chi connectivity index (χ0v) is 24.8. The molecule has 2 heterocycles. The molecule has 1 atom stereocenters. The number of anilines is 1. The minimum Gasteiger partial charge on any atom is -1.00 e. The molecular formula is C30H34BrClN4O4. The lowest BCUT2D eigenvalue weighted by atomic mass is 9.94. The number of carbonyl (C=O) groups is 3. The highest BCUT2D eigenvalue weighted by atomic mass is 79.9. The smallest absolute Gasteiger partial charge is 0.327 e. The van der Waals surface area contributed by atoms with E-state index >= 15 is 0 Å². The van der Waals surface area contributed by atoms with Crippen LogP contribution in [0.1, 0.15) is 47.3 Å². The van der Waals surface area contributed by atoms with E-state index in [0.717, 1.165) is 35.0 Å². The van der Waals surface area contributed by atoms with Gasteiger partial charge in [-0.3, -0.25) is 9.59 Å². The molecule has 0 saturated carbocycles. The van der Waals surface area contributed by atoms with Gasteiger partial charge in [-0.15, -0.1) is 0 Å². The molecule has 1 aliphatic rings. The summed E-state index contributed by atoms with van der Waals surface area (Å²) in [7, 11) is 0. The largest absolute Gasteiger partial charge is 1.00 e. The van der Waals surface area contributed by atoms with Crippen LogP contribution in [0.5, 0.6) is 0 Å². The van der Waals surface area contributed by atoms with Gasteiger partial charge in [0, 0.05) is 31.6 Å². The third-order valence-corrected chi connectivity index (χ3v) is 6.94. The lowest BCUT2D eigenvalue weighted by Crippen LogP contribution is -3.00. The van der Waals surface area contributed by atoms with Crippen molar-refractivity contribution in [2.75, 3.05) is 31.1 Å². The second-order valence-electron chi connectivity index (χ2n) is 9.38. The number of pyridine rings is 1. The highest BCUT2D eigenvalue weighted by Gasteiger charge is 2.27. The third kappa shape index (κ3) is 8.36. The maximum Gasteiger partial charge on any atom is 0.327 e. The van der Waals surface area contributed by atoms with E-state index in [0.29, 0.717) is 17.8 Å². The van der Waals surface area contributed by atoms with Gasteiger partial charge in [-0.05, 0) is 51.7 Å². The van der Waals surface area contributed by atoms with Gasteiger partial charge in [0.2, 0.25) is 5.91 Å². The molecule has 3 aromatic rings. The van der Waals surface area contributed by atoms with Crippen LogP contribution in [0.25, 0.3) is 0 Å². The third-order valence-electron chi connectivity index (χ3n) is 6.50. The molecule has 10 heteroatoms. The summed E-state index contributed by atoms with van der Waals surface area (Å²) in [6.07, 6.45) is 5.70. The second kappa shape index (κ2) is 15.5. The first-order valence-corrected chi connectivity index (χ1v) is 14.1. The number of esters is 1. The Balaban J connectivity index is 0.00000441. The number of rotatable bonds is 11. The molecule has 2 amide bonds. The maximum atomic E-state index is 13.5. The molecule has 4 rings (SSSR count). The minimum atomic E-state index is -0.495. The van der Waals surface area contributed by atoms with Crippen molar-refractivity contribution >= 4 is 39.4 Å². The van der Waals surface area contributed by atoms with Crippen LogP contribution in [-0.4, -0.2) is 44.0 Å². The molecule has 40 heavy (non-hydrogen) atoms.